The molecule has 0 aliphatic carbocycles. The van der Waals surface area contributed by atoms with E-state index in [4.69, 9.17) is 0 Å². The molecule has 0 saturated heterocycles. The van der Waals surface area contributed by atoms with Crippen molar-refractivity contribution in [3.05, 3.63) is 70.6 Å². The van der Waals surface area contributed by atoms with E-state index in [2.05, 4.69) is 15.3 Å². The molecular formula is C23H22N4O3S. The zero-order chi connectivity index (χ0) is 21.8. The molecule has 4 rings (SSSR count). The largest absolute Gasteiger partial charge is 0.326 e. The third kappa shape index (κ3) is 5.03. The van der Waals surface area contributed by atoms with Crippen molar-refractivity contribution in [3.8, 4) is 11.4 Å². The summed E-state index contributed by atoms with van der Waals surface area (Å²) in [6.45, 7) is 2.40. The number of aryl methyl sites for hydroxylation is 1. The van der Waals surface area contributed by atoms with Crippen LogP contribution in [-0.4, -0.2) is 34.1 Å². The molecule has 0 saturated carbocycles. The van der Waals surface area contributed by atoms with Crippen molar-refractivity contribution in [2.24, 2.45) is 0 Å². The van der Waals surface area contributed by atoms with Crippen molar-refractivity contribution >= 4 is 35.0 Å². The summed E-state index contributed by atoms with van der Waals surface area (Å²) in [5, 5.41) is 2.83. The summed E-state index contributed by atoms with van der Waals surface area (Å²) in [6, 6.07) is 16.3. The van der Waals surface area contributed by atoms with Crippen LogP contribution >= 0.6 is 11.8 Å². The molecule has 3 aromatic rings. The van der Waals surface area contributed by atoms with Gasteiger partial charge in [-0.1, -0.05) is 24.3 Å². The monoisotopic (exact) mass is 434 g/mol. The number of aromatic amines is 1. The third-order valence-electron chi connectivity index (χ3n) is 4.88. The molecule has 2 aromatic carbocycles. The van der Waals surface area contributed by atoms with E-state index < -0.39 is 0 Å². The fraction of sp³-hybridized carbons (Fsp3) is 0.217. The van der Waals surface area contributed by atoms with Crippen LogP contribution in [0.2, 0.25) is 0 Å². The number of benzene rings is 2. The molecular weight excluding hydrogens is 412 g/mol. The van der Waals surface area contributed by atoms with Crippen LogP contribution in [0.15, 0.2) is 64.3 Å². The van der Waals surface area contributed by atoms with Crippen LogP contribution in [0.5, 0.6) is 0 Å². The zero-order valence-electron chi connectivity index (χ0n) is 17.1. The molecule has 2 heterocycles. The lowest BCUT2D eigenvalue weighted by atomic mass is 10.1. The lowest BCUT2D eigenvalue weighted by Gasteiger charge is -2.29. The Labute approximate surface area is 183 Å². The topological polar surface area (TPSA) is 95.2 Å². The minimum Gasteiger partial charge on any atom is -0.326 e. The Morgan fingerprint density at radius 3 is 2.81 bits per heavy atom. The van der Waals surface area contributed by atoms with Crippen LogP contribution in [0, 0.1) is 6.92 Å². The van der Waals surface area contributed by atoms with E-state index in [9.17, 15) is 14.4 Å². The van der Waals surface area contributed by atoms with Gasteiger partial charge in [-0.25, -0.2) is 4.98 Å². The maximum Gasteiger partial charge on any atom is 0.251 e. The number of fused-ring (bicyclic) bond motifs is 1. The van der Waals surface area contributed by atoms with Gasteiger partial charge in [-0.05, 0) is 31.2 Å². The second-order valence-corrected chi connectivity index (χ2v) is 8.36. The van der Waals surface area contributed by atoms with Crippen LogP contribution in [0.1, 0.15) is 18.5 Å². The van der Waals surface area contributed by atoms with Crippen molar-refractivity contribution < 1.29 is 9.59 Å². The molecule has 2 amide bonds. The zero-order valence-corrected chi connectivity index (χ0v) is 17.9. The Bertz CT molecular complexity index is 1190. The number of carbonyl (C=O) groups is 2. The predicted octanol–water partition coefficient (Wildman–Crippen LogP) is 3.60. The molecule has 2 N–H and O–H groups in total. The van der Waals surface area contributed by atoms with Gasteiger partial charge in [0.2, 0.25) is 11.8 Å². The summed E-state index contributed by atoms with van der Waals surface area (Å²) in [5.74, 6) is 0.989. The average Bonchev–Trinajstić information content (AvgIpc) is 2.76. The number of hydrogen-bond donors (Lipinski definition) is 2. The third-order valence-corrected chi connectivity index (χ3v) is 5.93. The molecule has 1 aliphatic rings. The first-order valence-electron chi connectivity index (χ1n) is 10.00. The van der Waals surface area contributed by atoms with E-state index in [1.54, 1.807) is 41.8 Å². The summed E-state index contributed by atoms with van der Waals surface area (Å²) >= 11 is 1.74. The summed E-state index contributed by atoms with van der Waals surface area (Å²) in [7, 11) is 0. The number of aromatic nitrogens is 2. The Hall–Kier alpha value is -3.39. The Balaban J connectivity index is 1.39. The number of hydrogen-bond acceptors (Lipinski definition) is 5. The molecule has 8 heteroatoms. The molecule has 0 spiro atoms. The van der Waals surface area contributed by atoms with Gasteiger partial charge < -0.3 is 15.2 Å². The van der Waals surface area contributed by atoms with Crippen molar-refractivity contribution in [1.29, 1.82) is 0 Å². The first-order valence-corrected chi connectivity index (χ1v) is 11.0. The molecule has 0 unspecified atom stereocenters. The lowest BCUT2D eigenvalue weighted by molar-refractivity contribution is -0.122. The number of nitrogens with zero attached hydrogens (tertiary/aromatic N) is 2. The highest BCUT2D eigenvalue weighted by Gasteiger charge is 2.22. The number of carbonyl (C=O) groups excluding carboxylic acids is 2. The number of H-pyrrole nitrogens is 1. The van der Waals surface area contributed by atoms with E-state index >= 15 is 0 Å². The lowest BCUT2D eigenvalue weighted by Crippen LogP contribution is -2.35. The minimum atomic E-state index is -0.240. The van der Waals surface area contributed by atoms with Gasteiger partial charge >= 0.3 is 0 Å². The van der Waals surface area contributed by atoms with E-state index in [-0.39, 0.29) is 30.2 Å². The number of amides is 2. The van der Waals surface area contributed by atoms with Crippen molar-refractivity contribution in [2.45, 2.75) is 24.7 Å². The molecule has 7 nitrogen and oxygen atoms in total. The predicted molar refractivity (Wildman–Crippen MR) is 122 cm³/mol. The minimum absolute atomic E-state index is 0.0572. The van der Waals surface area contributed by atoms with Gasteiger partial charge in [-0.15, -0.1) is 11.8 Å². The highest BCUT2D eigenvalue weighted by atomic mass is 32.2. The van der Waals surface area contributed by atoms with Crippen LogP contribution in [-0.2, 0) is 9.59 Å². The molecule has 0 fully saturated rings. The van der Waals surface area contributed by atoms with Gasteiger partial charge in [0, 0.05) is 53.0 Å². The van der Waals surface area contributed by atoms with Gasteiger partial charge in [-0.2, -0.15) is 0 Å². The summed E-state index contributed by atoms with van der Waals surface area (Å²) < 4.78 is 0. The Morgan fingerprint density at radius 2 is 1.97 bits per heavy atom. The quantitative estimate of drug-likeness (QED) is 0.640. The highest BCUT2D eigenvalue weighted by molar-refractivity contribution is 7.99. The highest BCUT2D eigenvalue weighted by Crippen LogP contribution is 2.34. The first-order chi connectivity index (χ1) is 15.0. The maximum atomic E-state index is 12.7. The normalized spacial score (nSPS) is 12.9. The van der Waals surface area contributed by atoms with Crippen LogP contribution < -0.4 is 15.8 Å². The molecule has 0 atom stereocenters. The maximum absolute atomic E-state index is 12.7. The fourth-order valence-electron chi connectivity index (χ4n) is 3.47. The summed E-state index contributed by atoms with van der Waals surface area (Å²) in [6.07, 6.45) is 0.228. The number of rotatable bonds is 5. The molecule has 0 radical (unpaired) electrons. The van der Waals surface area contributed by atoms with Crippen LogP contribution in [0.25, 0.3) is 11.4 Å². The van der Waals surface area contributed by atoms with Gasteiger partial charge in [0.25, 0.3) is 5.56 Å². The van der Waals surface area contributed by atoms with Gasteiger partial charge in [0.15, 0.2) is 0 Å². The number of anilines is 2. The summed E-state index contributed by atoms with van der Waals surface area (Å²) in [5.41, 5.74) is 2.57. The number of thioether (sulfide) groups is 1. The average molecular weight is 435 g/mol. The van der Waals surface area contributed by atoms with Crippen molar-refractivity contribution in [3.63, 3.8) is 0 Å². The summed E-state index contributed by atoms with van der Waals surface area (Å²) in [4.78, 5) is 46.7. The van der Waals surface area contributed by atoms with E-state index in [0.29, 0.717) is 29.3 Å². The van der Waals surface area contributed by atoms with Crippen molar-refractivity contribution in [1.82, 2.24) is 9.97 Å². The Morgan fingerprint density at radius 1 is 1.13 bits per heavy atom. The number of para-hydroxylation sites is 1. The molecule has 1 aliphatic heterocycles. The molecule has 1 aromatic heterocycles. The van der Waals surface area contributed by atoms with E-state index in [1.807, 2.05) is 30.3 Å². The molecule has 31 heavy (non-hydrogen) atoms. The smallest absolute Gasteiger partial charge is 0.251 e. The van der Waals surface area contributed by atoms with Gasteiger partial charge in [0.05, 0.1) is 5.69 Å². The van der Waals surface area contributed by atoms with E-state index in [1.165, 1.54) is 6.07 Å². The molecule has 0 bridgehead atoms. The van der Waals surface area contributed by atoms with Crippen molar-refractivity contribution in [2.75, 3.05) is 22.5 Å². The second kappa shape index (κ2) is 9.18. The second-order valence-electron chi connectivity index (χ2n) is 7.23. The van der Waals surface area contributed by atoms with E-state index in [0.717, 1.165) is 16.3 Å². The first kappa shape index (κ1) is 20.9. The van der Waals surface area contributed by atoms with Crippen LogP contribution in [0.3, 0.4) is 0 Å². The SMILES string of the molecule is Cc1cc(=O)[nH]c(-c2cccc(NC(=O)CCC(=O)N3CCSc4ccccc43)c2)n1. The Kier molecular flexibility index (Phi) is 6.18. The standard InChI is InChI=1S/C23H22N4O3S/c1-15-13-21(29)26-23(24-15)16-5-4-6-17(14-16)25-20(28)9-10-22(30)27-11-12-31-19-8-3-2-7-18(19)27/h2-8,13-14H,9-12H2,1H3,(H,25,28)(H,24,26,29). The van der Waals surface area contributed by atoms with Crippen LogP contribution in [0.4, 0.5) is 11.4 Å². The molecule has 158 valence electrons. The van der Waals surface area contributed by atoms with Gasteiger partial charge in [0.1, 0.15) is 5.82 Å². The fourth-order valence-corrected chi connectivity index (χ4v) is 4.46. The van der Waals surface area contributed by atoms with Gasteiger partial charge in [-0.3, -0.25) is 14.4 Å². The number of nitrogens with one attached hydrogen (secondary N) is 2.